The van der Waals surface area contributed by atoms with Crippen LogP contribution < -0.4 is 0 Å². The number of nitrogens with zero attached hydrogens (tertiary/aromatic N) is 1. The fraction of sp³-hybridized carbons (Fsp3) is 0.118. The van der Waals surface area contributed by atoms with Crippen molar-refractivity contribution in [3.63, 3.8) is 0 Å². The highest BCUT2D eigenvalue weighted by Gasteiger charge is 2.07. The molecular formula is C17H14BrNS. The SMILES string of the molecule is Cc1ccccc1Cc1nc(-c2cccc(Br)c2)cs1. The zero-order chi connectivity index (χ0) is 13.9. The number of hydrogen-bond donors (Lipinski definition) is 0. The van der Waals surface area contributed by atoms with Crippen LogP contribution >= 0.6 is 27.3 Å². The maximum absolute atomic E-state index is 4.76. The monoisotopic (exact) mass is 343 g/mol. The first-order valence-electron chi connectivity index (χ1n) is 6.47. The van der Waals surface area contributed by atoms with Crippen molar-refractivity contribution in [1.82, 2.24) is 4.98 Å². The number of halogens is 1. The van der Waals surface area contributed by atoms with Gasteiger partial charge in [0.15, 0.2) is 0 Å². The lowest BCUT2D eigenvalue weighted by atomic mass is 10.1. The molecule has 0 aliphatic heterocycles. The number of benzene rings is 2. The maximum Gasteiger partial charge on any atom is 0.0976 e. The van der Waals surface area contributed by atoms with Gasteiger partial charge in [-0.05, 0) is 30.2 Å². The molecule has 0 saturated heterocycles. The zero-order valence-electron chi connectivity index (χ0n) is 11.1. The number of aryl methyl sites for hydroxylation is 1. The van der Waals surface area contributed by atoms with Crippen LogP contribution in [0.4, 0.5) is 0 Å². The van der Waals surface area contributed by atoms with Crippen molar-refractivity contribution in [1.29, 1.82) is 0 Å². The van der Waals surface area contributed by atoms with Crippen molar-refractivity contribution in [2.75, 3.05) is 0 Å². The third kappa shape index (κ3) is 3.00. The molecular weight excluding hydrogens is 330 g/mol. The first kappa shape index (κ1) is 13.5. The van der Waals surface area contributed by atoms with Crippen LogP contribution in [0.2, 0.25) is 0 Å². The lowest BCUT2D eigenvalue weighted by Crippen LogP contribution is -1.90. The molecule has 0 bridgehead atoms. The summed E-state index contributed by atoms with van der Waals surface area (Å²) in [5.41, 5.74) is 4.89. The first-order chi connectivity index (χ1) is 9.72. The molecule has 0 atom stereocenters. The van der Waals surface area contributed by atoms with E-state index in [2.05, 4.69) is 64.6 Å². The Hall–Kier alpha value is -1.45. The molecule has 100 valence electrons. The van der Waals surface area contributed by atoms with Gasteiger partial charge in [0.25, 0.3) is 0 Å². The Kier molecular flexibility index (Phi) is 3.99. The van der Waals surface area contributed by atoms with E-state index in [9.17, 15) is 0 Å². The van der Waals surface area contributed by atoms with Crippen LogP contribution in [0.15, 0.2) is 58.4 Å². The Labute approximate surface area is 131 Å². The van der Waals surface area contributed by atoms with Crippen LogP contribution in [-0.4, -0.2) is 4.98 Å². The molecule has 0 N–H and O–H groups in total. The second-order valence-corrected chi connectivity index (χ2v) is 6.60. The van der Waals surface area contributed by atoms with E-state index in [-0.39, 0.29) is 0 Å². The standard InChI is InChI=1S/C17H14BrNS/c1-12-5-2-3-6-13(12)10-17-19-16(11-20-17)14-7-4-8-15(18)9-14/h2-9,11H,10H2,1H3. The molecule has 0 amide bonds. The molecule has 0 unspecified atom stereocenters. The summed E-state index contributed by atoms with van der Waals surface area (Å²) in [6.07, 6.45) is 0.908. The lowest BCUT2D eigenvalue weighted by Gasteiger charge is -2.02. The summed E-state index contributed by atoms with van der Waals surface area (Å²) in [5.74, 6) is 0. The minimum absolute atomic E-state index is 0.908. The fourth-order valence-electron chi connectivity index (χ4n) is 2.14. The highest BCUT2D eigenvalue weighted by molar-refractivity contribution is 9.10. The molecule has 0 radical (unpaired) electrons. The van der Waals surface area contributed by atoms with Crippen molar-refractivity contribution in [3.05, 3.63) is 74.5 Å². The van der Waals surface area contributed by atoms with Crippen LogP contribution in [0.3, 0.4) is 0 Å². The second-order valence-electron chi connectivity index (χ2n) is 4.74. The summed E-state index contributed by atoms with van der Waals surface area (Å²) < 4.78 is 1.09. The smallest absolute Gasteiger partial charge is 0.0976 e. The Morgan fingerprint density at radius 1 is 1.10 bits per heavy atom. The molecule has 3 heteroatoms. The van der Waals surface area contributed by atoms with Crippen LogP contribution in [0.1, 0.15) is 16.1 Å². The van der Waals surface area contributed by atoms with Crippen molar-refractivity contribution in [2.24, 2.45) is 0 Å². The van der Waals surface area contributed by atoms with Crippen molar-refractivity contribution >= 4 is 27.3 Å². The molecule has 3 rings (SSSR count). The highest BCUT2D eigenvalue weighted by atomic mass is 79.9. The van der Waals surface area contributed by atoms with E-state index in [0.717, 1.165) is 27.2 Å². The summed E-state index contributed by atoms with van der Waals surface area (Å²) in [4.78, 5) is 4.76. The van der Waals surface area contributed by atoms with Crippen molar-refractivity contribution < 1.29 is 0 Å². The number of rotatable bonds is 3. The van der Waals surface area contributed by atoms with Gasteiger partial charge in [-0.2, -0.15) is 0 Å². The maximum atomic E-state index is 4.76. The topological polar surface area (TPSA) is 12.9 Å². The van der Waals surface area contributed by atoms with Crippen LogP contribution in [-0.2, 0) is 6.42 Å². The second kappa shape index (κ2) is 5.90. The van der Waals surface area contributed by atoms with Gasteiger partial charge >= 0.3 is 0 Å². The Morgan fingerprint density at radius 2 is 1.95 bits per heavy atom. The molecule has 0 spiro atoms. The number of thiazole rings is 1. The average Bonchev–Trinajstić information content (AvgIpc) is 2.90. The summed E-state index contributed by atoms with van der Waals surface area (Å²) in [5, 5.41) is 3.30. The fourth-order valence-corrected chi connectivity index (χ4v) is 3.37. The van der Waals surface area contributed by atoms with Crippen LogP contribution in [0.25, 0.3) is 11.3 Å². The van der Waals surface area contributed by atoms with Gasteiger partial charge in [0.05, 0.1) is 10.7 Å². The molecule has 0 aliphatic rings. The van der Waals surface area contributed by atoms with Gasteiger partial charge in [-0.25, -0.2) is 4.98 Å². The predicted octanol–water partition coefficient (Wildman–Crippen LogP) is 5.47. The van der Waals surface area contributed by atoms with E-state index in [0.29, 0.717) is 0 Å². The first-order valence-corrected chi connectivity index (χ1v) is 8.14. The molecule has 0 aliphatic carbocycles. The van der Waals surface area contributed by atoms with Gasteiger partial charge in [0.2, 0.25) is 0 Å². The molecule has 20 heavy (non-hydrogen) atoms. The minimum atomic E-state index is 0.908. The summed E-state index contributed by atoms with van der Waals surface area (Å²) in [7, 11) is 0. The van der Waals surface area contributed by atoms with Gasteiger partial charge in [0, 0.05) is 21.8 Å². The molecule has 3 aromatic rings. The van der Waals surface area contributed by atoms with E-state index in [1.165, 1.54) is 11.1 Å². The van der Waals surface area contributed by atoms with E-state index in [1.807, 2.05) is 12.1 Å². The third-order valence-corrected chi connectivity index (χ3v) is 4.62. The summed E-state index contributed by atoms with van der Waals surface area (Å²) >= 11 is 5.23. The number of aromatic nitrogens is 1. The van der Waals surface area contributed by atoms with Gasteiger partial charge in [-0.3, -0.25) is 0 Å². The van der Waals surface area contributed by atoms with Crippen LogP contribution in [0, 0.1) is 6.92 Å². The van der Waals surface area contributed by atoms with E-state index < -0.39 is 0 Å². The van der Waals surface area contributed by atoms with E-state index in [4.69, 9.17) is 4.98 Å². The van der Waals surface area contributed by atoms with Gasteiger partial charge in [-0.1, -0.05) is 52.3 Å². The highest BCUT2D eigenvalue weighted by Crippen LogP contribution is 2.26. The Morgan fingerprint density at radius 3 is 2.75 bits per heavy atom. The van der Waals surface area contributed by atoms with E-state index in [1.54, 1.807) is 11.3 Å². The predicted molar refractivity (Wildman–Crippen MR) is 89.2 cm³/mol. The minimum Gasteiger partial charge on any atom is -0.241 e. The molecule has 0 saturated carbocycles. The van der Waals surface area contributed by atoms with Crippen molar-refractivity contribution in [3.8, 4) is 11.3 Å². The van der Waals surface area contributed by atoms with Gasteiger partial charge in [-0.15, -0.1) is 11.3 Å². The molecule has 1 heterocycles. The molecule has 0 fully saturated rings. The Bertz CT molecular complexity index is 733. The lowest BCUT2D eigenvalue weighted by molar-refractivity contribution is 1.12. The average molecular weight is 344 g/mol. The number of hydrogen-bond acceptors (Lipinski definition) is 2. The Balaban J connectivity index is 1.86. The molecule has 1 nitrogen and oxygen atoms in total. The van der Waals surface area contributed by atoms with Crippen LogP contribution in [0.5, 0.6) is 0 Å². The van der Waals surface area contributed by atoms with Gasteiger partial charge in [0.1, 0.15) is 0 Å². The van der Waals surface area contributed by atoms with Crippen molar-refractivity contribution in [2.45, 2.75) is 13.3 Å². The molecule has 2 aromatic carbocycles. The largest absolute Gasteiger partial charge is 0.241 e. The van der Waals surface area contributed by atoms with E-state index >= 15 is 0 Å². The zero-order valence-corrected chi connectivity index (χ0v) is 13.5. The quantitative estimate of drug-likeness (QED) is 0.614. The third-order valence-electron chi connectivity index (χ3n) is 3.28. The van der Waals surface area contributed by atoms with Gasteiger partial charge < -0.3 is 0 Å². The normalized spacial score (nSPS) is 10.7. The summed E-state index contributed by atoms with van der Waals surface area (Å²) in [6, 6.07) is 16.8. The summed E-state index contributed by atoms with van der Waals surface area (Å²) in [6.45, 7) is 2.15. The molecule has 1 aromatic heterocycles.